The van der Waals surface area contributed by atoms with Gasteiger partial charge in [-0.3, -0.25) is 0 Å². The fourth-order valence-corrected chi connectivity index (χ4v) is 2.88. The second-order valence-electron chi connectivity index (χ2n) is 6.52. The van der Waals surface area contributed by atoms with E-state index in [0.29, 0.717) is 17.9 Å². The van der Waals surface area contributed by atoms with Crippen molar-refractivity contribution < 1.29 is 14.3 Å². The van der Waals surface area contributed by atoms with Gasteiger partial charge in [-0.1, -0.05) is 42.5 Å². The zero-order valence-corrected chi connectivity index (χ0v) is 14.7. The summed E-state index contributed by atoms with van der Waals surface area (Å²) in [5, 5.41) is 14.8. The molecule has 1 aliphatic rings. The van der Waals surface area contributed by atoms with Crippen molar-refractivity contribution in [3.63, 3.8) is 0 Å². The Morgan fingerprint density at radius 1 is 1.15 bits per heavy atom. The van der Waals surface area contributed by atoms with Crippen molar-refractivity contribution in [2.45, 2.75) is 31.8 Å². The van der Waals surface area contributed by atoms with Gasteiger partial charge >= 0.3 is 6.03 Å². The highest BCUT2D eigenvalue weighted by atomic mass is 16.7. The van der Waals surface area contributed by atoms with E-state index in [9.17, 15) is 4.79 Å². The van der Waals surface area contributed by atoms with Crippen molar-refractivity contribution in [3.05, 3.63) is 65.7 Å². The smallest absolute Gasteiger partial charge is 0.319 e. The fraction of sp³-hybridized carbons (Fsp3) is 0.300. The molecule has 2 aromatic carbocycles. The number of hydrogen-bond donors (Lipinski definition) is 2. The number of carbonyl (C=O) groups excluding carboxylic acids is 1. The standard InChI is InChI=1S/C20H21N3O3/c1-20(2)25-13-17(18(26-20)14-8-4-3-5-9-14)23-19(24)22-16-11-7-6-10-15(16)12-21/h3-11,17-18H,13H2,1-2H3,(H2,22,23,24)/t17-,18-/m0/s1. The van der Waals surface area contributed by atoms with Gasteiger partial charge in [-0.25, -0.2) is 4.79 Å². The minimum Gasteiger partial charge on any atom is -0.348 e. The Labute approximate surface area is 152 Å². The lowest BCUT2D eigenvalue weighted by Gasteiger charge is -2.41. The summed E-state index contributed by atoms with van der Waals surface area (Å²) in [4.78, 5) is 12.4. The zero-order chi connectivity index (χ0) is 18.6. The van der Waals surface area contributed by atoms with Gasteiger partial charge in [0.1, 0.15) is 12.2 Å². The normalized spacial score (nSPS) is 21.4. The van der Waals surface area contributed by atoms with E-state index in [1.165, 1.54) is 0 Å². The lowest BCUT2D eigenvalue weighted by Crippen LogP contribution is -2.52. The summed E-state index contributed by atoms with van der Waals surface area (Å²) in [5.74, 6) is -0.734. The van der Waals surface area contributed by atoms with E-state index in [1.807, 2.05) is 44.2 Å². The molecule has 0 bridgehead atoms. The number of para-hydroxylation sites is 1. The molecule has 0 radical (unpaired) electrons. The molecule has 1 aliphatic heterocycles. The lowest BCUT2D eigenvalue weighted by atomic mass is 10.0. The predicted octanol–water partition coefficient (Wildman–Crippen LogP) is 3.57. The number of nitrogens with one attached hydrogen (secondary N) is 2. The van der Waals surface area contributed by atoms with Gasteiger partial charge in [-0.15, -0.1) is 0 Å². The van der Waals surface area contributed by atoms with Crippen LogP contribution in [0, 0.1) is 11.3 Å². The van der Waals surface area contributed by atoms with Crippen LogP contribution >= 0.6 is 0 Å². The number of amides is 2. The van der Waals surface area contributed by atoms with Gasteiger partial charge in [0.2, 0.25) is 0 Å². The van der Waals surface area contributed by atoms with Crippen molar-refractivity contribution in [1.82, 2.24) is 5.32 Å². The van der Waals surface area contributed by atoms with Gasteiger partial charge in [0, 0.05) is 0 Å². The van der Waals surface area contributed by atoms with Crippen LogP contribution < -0.4 is 10.6 Å². The zero-order valence-electron chi connectivity index (χ0n) is 14.7. The number of nitriles is 1. The number of carbonyl (C=O) groups is 1. The average Bonchev–Trinajstić information content (AvgIpc) is 2.64. The van der Waals surface area contributed by atoms with Gasteiger partial charge in [0.15, 0.2) is 5.79 Å². The lowest BCUT2D eigenvalue weighted by molar-refractivity contribution is -0.284. The van der Waals surface area contributed by atoms with Crippen LogP contribution in [0.3, 0.4) is 0 Å². The van der Waals surface area contributed by atoms with Crippen molar-refractivity contribution in [3.8, 4) is 6.07 Å². The Bertz CT molecular complexity index is 815. The van der Waals surface area contributed by atoms with Crippen LogP contribution in [0.15, 0.2) is 54.6 Å². The molecule has 1 fully saturated rings. The highest BCUT2D eigenvalue weighted by Gasteiger charge is 2.38. The first-order chi connectivity index (χ1) is 12.5. The van der Waals surface area contributed by atoms with Crippen LogP contribution in [0.4, 0.5) is 10.5 Å². The minimum atomic E-state index is -0.734. The van der Waals surface area contributed by atoms with E-state index in [1.54, 1.807) is 24.3 Å². The summed E-state index contributed by atoms with van der Waals surface area (Å²) in [5.41, 5.74) is 1.83. The first-order valence-electron chi connectivity index (χ1n) is 8.42. The second-order valence-corrected chi connectivity index (χ2v) is 6.52. The van der Waals surface area contributed by atoms with E-state index in [4.69, 9.17) is 14.7 Å². The van der Waals surface area contributed by atoms with Gasteiger partial charge in [0.25, 0.3) is 0 Å². The number of nitrogens with zero attached hydrogens (tertiary/aromatic N) is 1. The summed E-state index contributed by atoms with van der Waals surface area (Å²) in [6, 6.07) is 17.9. The van der Waals surface area contributed by atoms with Gasteiger partial charge in [0.05, 0.1) is 23.9 Å². The number of ether oxygens (including phenoxy) is 2. The number of anilines is 1. The molecular formula is C20H21N3O3. The van der Waals surface area contributed by atoms with Crippen molar-refractivity contribution in [2.75, 3.05) is 11.9 Å². The summed E-state index contributed by atoms with van der Waals surface area (Å²) >= 11 is 0. The highest BCUT2D eigenvalue weighted by Crippen LogP contribution is 2.33. The summed E-state index contributed by atoms with van der Waals surface area (Å²) in [6.45, 7) is 4.02. The molecule has 0 aromatic heterocycles. The summed E-state index contributed by atoms with van der Waals surface area (Å²) < 4.78 is 11.8. The predicted molar refractivity (Wildman–Crippen MR) is 97.4 cm³/mol. The van der Waals surface area contributed by atoms with Crippen LogP contribution in [-0.2, 0) is 9.47 Å². The van der Waals surface area contributed by atoms with Gasteiger partial charge in [-0.05, 0) is 31.5 Å². The Balaban J connectivity index is 1.74. The third kappa shape index (κ3) is 4.20. The molecule has 0 spiro atoms. The highest BCUT2D eigenvalue weighted by molar-refractivity contribution is 5.91. The molecular weight excluding hydrogens is 330 g/mol. The Morgan fingerprint density at radius 3 is 2.58 bits per heavy atom. The molecule has 2 amide bonds. The Morgan fingerprint density at radius 2 is 1.85 bits per heavy atom. The molecule has 1 saturated heterocycles. The maximum Gasteiger partial charge on any atom is 0.319 e. The van der Waals surface area contributed by atoms with Crippen molar-refractivity contribution in [1.29, 1.82) is 5.26 Å². The largest absolute Gasteiger partial charge is 0.348 e. The molecule has 0 aliphatic carbocycles. The molecule has 1 heterocycles. The van der Waals surface area contributed by atoms with E-state index in [0.717, 1.165) is 5.56 Å². The Kier molecular flexibility index (Phi) is 5.21. The first-order valence-corrected chi connectivity index (χ1v) is 8.42. The summed E-state index contributed by atoms with van der Waals surface area (Å²) in [7, 11) is 0. The van der Waals surface area contributed by atoms with Crippen molar-refractivity contribution >= 4 is 11.7 Å². The Hall–Kier alpha value is -2.88. The quantitative estimate of drug-likeness (QED) is 0.885. The molecule has 134 valence electrons. The van der Waals surface area contributed by atoms with Crippen molar-refractivity contribution in [2.24, 2.45) is 0 Å². The second kappa shape index (κ2) is 7.56. The monoisotopic (exact) mass is 351 g/mol. The molecule has 2 atom stereocenters. The molecule has 2 aromatic rings. The molecule has 6 heteroatoms. The van der Waals surface area contributed by atoms with Gasteiger partial charge in [-0.2, -0.15) is 5.26 Å². The van der Waals surface area contributed by atoms with E-state index < -0.39 is 11.8 Å². The molecule has 2 N–H and O–H groups in total. The van der Waals surface area contributed by atoms with E-state index in [2.05, 4.69) is 16.7 Å². The molecule has 3 rings (SSSR count). The van der Waals surface area contributed by atoms with E-state index >= 15 is 0 Å². The number of hydrogen-bond acceptors (Lipinski definition) is 4. The molecule has 0 saturated carbocycles. The van der Waals surface area contributed by atoms with Crippen LogP contribution in [0.25, 0.3) is 0 Å². The maximum atomic E-state index is 12.4. The first kappa shape index (κ1) is 17.9. The number of rotatable bonds is 3. The maximum absolute atomic E-state index is 12.4. The molecule has 0 unspecified atom stereocenters. The fourth-order valence-electron chi connectivity index (χ4n) is 2.88. The average molecular weight is 351 g/mol. The number of benzene rings is 2. The van der Waals surface area contributed by atoms with Gasteiger partial charge < -0.3 is 20.1 Å². The van der Waals surface area contributed by atoms with Crippen LogP contribution in [0.5, 0.6) is 0 Å². The van der Waals surface area contributed by atoms with E-state index in [-0.39, 0.29) is 12.1 Å². The number of urea groups is 1. The summed E-state index contributed by atoms with van der Waals surface area (Å²) in [6.07, 6.45) is -0.336. The minimum absolute atomic E-state index is 0.319. The third-order valence-corrected chi connectivity index (χ3v) is 4.13. The van der Waals surface area contributed by atoms with Crippen LogP contribution in [0.1, 0.15) is 31.1 Å². The molecule has 26 heavy (non-hydrogen) atoms. The van der Waals surface area contributed by atoms with Crippen LogP contribution in [-0.4, -0.2) is 24.5 Å². The van der Waals surface area contributed by atoms with Crippen LogP contribution in [0.2, 0.25) is 0 Å². The topological polar surface area (TPSA) is 83.4 Å². The third-order valence-electron chi connectivity index (χ3n) is 4.13. The SMILES string of the molecule is CC1(C)OC[C@H](NC(=O)Nc2ccccc2C#N)[C@H](c2ccccc2)O1. The molecule has 6 nitrogen and oxygen atoms in total.